The van der Waals surface area contributed by atoms with Gasteiger partial charge in [-0.1, -0.05) is 152 Å². The highest BCUT2D eigenvalue weighted by Crippen LogP contribution is 2.46. The van der Waals surface area contributed by atoms with E-state index in [4.69, 9.17) is 0 Å². The molecule has 0 unspecified atom stereocenters. The van der Waals surface area contributed by atoms with E-state index in [1.54, 1.807) is 38.1 Å². The molecule has 0 bridgehead atoms. The second-order valence-corrected chi connectivity index (χ2v) is 17.8. The molecular formula is C55H90N2. The fourth-order valence-corrected chi connectivity index (χ4v) is 9.46. The van der Waals surface area contributed by atoms with Crippen LogP contribution < -0.4 is 0 Å². The Bertz CT molecular complexity index is 1460. The summed E-state index contributed by atoms with van der Waals surface area (Å²) < 4.78 is 1.74. The molecule has 2 aromatic rings. The van der Waals surface area contributed by atoms with Gasteiger partial charge in [0.15, 0.2) is 0 Å². The van der Waals surface area contributed by atoms with Gasteiger partial charge in [-0.05, 0) is 160 Å². The lowest BCUT2D eigenvalue weighted by Crippen LogP contribution is -2.09. The van der Waals surface area contributed by atoms with Gasteiger partial charge in [0.1, 0.15) is 0 Å². The minimum atomic E-state index is 1.03. The lowest BCUT2D eigenvalue weighted by molar-refractivity contribution is -0.345. The maximum Gasteiger partial charge on any atom is 0.211 e. The first kappa shape index (κ1) is 48.9. The fraction of sp³-hybridized carbons (Fsp3) is 0.709. The Morgan fingerprint density at radius 3 is 0.842 bits per heavy atom. The Morgan fingerprint density at radius 1 is 0.316 bits per heavy atom. The van der Waals surface area contributed by atoms with E-state index in [-0.39, 0.29) is 0 Å². The van der Waals surface area contributed by atoms with Gasteiger partial charge in [-0.15, -0.1) is 0 Å². The molecule has 2 aromatic carbocycles. The van der Waals surface area contributed by atoms with Gasteiger partial charge >= 0.3 is 0 Å². The van der Waals surface area contributed by atoms with Crippen molar-refractivity contribution in [3.8, 4) is 0 Å². The highest BCUT2D eigenvalue weighted by atomic mass is 15.2. The third-order valence-electron chi connectivity index (χ3n) is 12.8. The maximum atomic E-state index is 13.0. The number of unbranched alkanes of at least 4 members (excludes halogenated alkanes) is 15. The predicted molar refractivity (Wildman–Crippen MR) is 253 cm³/mol. The van der Waals surface area contributed by atoms with Crippen LogP contribution in [0, 0.1) is 0 Å². The van der Waals surface area contributed by atoms with Crippen LogP contribution in [0.5, 0.6) is 0 Å². The summed E-state index contributed by atoms with van der Waals surface area (Å²) in [6.45, 7) is 18.6. The molecule has 0 spiro atoms. The van der Waals surface area contributed by atoms with Gasteiger partial charge in [0, 0.05) is 22.3 Å². The van der Waals surface area contributed by atoms with Crippen molar-refractivity contribution in [1.29, 1.82) is 0 Å². The van der Waals surface area contributed by atoms with Crippen molar-refractivity contribution in [2.24, 2.45) is 0 Å². The predicted octanol–water partition coefficient (Wildman–Crippen LogP) is 18.0. The number of benzene rings is 2. The quantitative estimate of drug-likeness (QED) is 0.0509. The minimum absolute atomic E-state index is 1.03. The summed E-state index contributed by atoms with van der Waals surface area (Å²) in [6.07, 6.45) is 37.8. The molecule has 320 valence electrons. The van der Waals surface area contributed by atoms with E-state index < -0.39 is 0 Å². The van der Waals surface area contributed by atoms with Crippen molar-refractivity contribution in [3.05, 3.63) is 85.5 Å². The Morgan fingerprint density at radius 2 is 0.561 bits per heavy atom. The molecule has 2 nitrogen and oxygen atoms in total. The van der Waals surface area contributed by atoms with Crippen molar-refractivity contribution in [3.63, 3.8) is 0 Å². The van der Waals surface area contributed by atoms with E-state index in [1.165, 1.54) is 170 Å². The monoisotopic (exact) mass is 779 g/mol. The first-order valence-corrected chi connectivity index (χ1v) is 25.2. The third kappa shape index (κ3) is 15.2. The molecule has 0 radical (unpaired) electrons. The van der Waals surface area contributed by atoms with Crippen molar-refractivity contribution in [2.45, 2.75) is 254 Å². The summed E-state index contributed by atoms with van der Waals surface area (Å²) in [5.41, 5.74) is 30.1. The lowest BCUT2D eigenvalue weighted by Gasteiger charge is -2.20. The molecule has 0 saturated heterocycles. The van der Waals surface area contributed by atoms with E-state index in [2.05, 4.69) is 79.7 Å². The van der Waals surface area contributed by atoms with Gasteiger partial charge in [0.2, 0.25) is 11.4 Å². The second kappa shape index (κ2) is 28.9. The van der Waals surface area contributed by atoms with Crippen LogP contribution in [0.4, 0.5) is 0 Å². The number of allylic oxidation sites excluding steroid dienone is 2. The topological polar surface area (TPSA) is 25.3 Å². The molecule has 0 N–H and O–H groups in total. The number of aryl methyl sites for hydroxylation is 4. The van der Waals surface area contributed by atoms with E-state index >= 15 is 0 Å². The van der Waals surface area contributed by atoms with Crippen molar-refractivity contribution >= 4 is 11.4 Å². The van der Waals surface area contributed by atoms with Gasteiger partial charge in [-0.2, -0.15) is 0 Å². The Labute approximate surface area is 354 Å². The van der Waals surface area contributed by atoms with E-state index in [1.807, 2.05) is 0 Å². The summed E-state index contributed by atoms with van der Waals surface area (Å²) >= 11 is 0. The largest absolute Gasteiger partial charge is 0.493 e. The van der Waals surface area contributed by atoms with Crippen LogP contribution >= 0.6 is 0 Å². The molecule has 0 fully saturated rings. The third-order valence-corrected chi connectivity index (χ3v) is 12.8. The number of hydrogen-bond acceptors (Lipinski definition) is 0. The van der Waals surface area contributed by atoms with Gasteiger partial charge in [0.05, 0.1) is 0 Å². The standard InChI is InChI=1S/C55H90N2/c1-9-17-25-32-44-40-48(41-45(33-26-18-10-2)50(44)37-29-21-13-5)54-52(36-24-16-8)53(39-31-23-15-7)55(57(54)56)49-42-46(34-27-19-11-3)51(38-30-22-14-6)47(43-49)35-28-20-12-4/h40-43H,9-39H2,1-8H3. The van der Waals surface area contributed by atoms with Gasteiger partial charge in [0.25, 0.3) is 0 Å². The zero-order valence-corrected chi connectivity index (χ0v) is 39.1. The summed E-state index contributed by atoms with van der Waals surface area (Å²) in [7, 11) is 0. The second-order valence-electron chi connectivity index (χ2n) is 17.8. The normalized spacial score (nSPS) is 13.2. The highest BCUT2D eigenvalue weighted by Gasteiger charge is 2.36. The Balaban J connectivity index is 2.35. The van der Waals surface area contributed by atoms with Crippen LogP contribution in [-0.4, -0.2) is 4.70 Å². The molecule has 1 heterocycles. The van der Waals surface area contributed by atoms with Crippen LogP contribution in [0.1, 0.15) is 260 Å². The van der Waals surface area contributed by atoms with Gasteiger partial charge in [-0.3, -0.25) is 0 Å². The average molecular weight is 779 g/mol. The van der Waals surface area contributed by atoms with Gasteiger partial charge < -0.3 is 5.53 Å². The summed E-state index contributed by atoms with van der Waals surface area (Å²) in [4.78, 5) is 0. The number of nitrogens with zero attached hydrogens (tertiary/aromatic N) is 2. The summed E-state index contributed by atoms with van der Waals surface area (Å²) in [5, 5.41) is 0. The van der Waals surface area contributed by atoms with Crippen molar-refractivity contribution in [1.82, 2.24) is 0 Å². The van der Waals surface area contributed by atoms with E-state index in [0.29, 0.717) is 0 Å². The molecule has 0 aliphatic carbocycles. The first-order chi connectivity index (χ1) is 27.9. The Hall–Kier alpha value is -2.48. The minimum Gasteiger partial charge on any atom is -0.493 e. The summed E-state index contributed by atoms with van der Waals surface area (Å²) in [5.74, 6) is 0. The van der Waals surface area contributed by atoms with E-state index in [0.717, 1.165) is 62.8 Å². The zero-order valence-electron chi connectivity index (χ0n) is 39.1. The molecule has 1 aliphatic heterocycles. The SMILES string of the molecule is CCCCCC1=C(c2cc(CCCCC)c(CCCCC)c(CCCCC)c2)[N+](=[N-])C(c2cc(CCCCC)c(CCCCC)c(CCCCC)c2)=C1CCCC. The molecule has 1 aliphatic rings. The number of hydrogen-bond donors (Lipinski definition) is 0. The van der Waals surface area contributed by atoms with Crippen LogP contribution in [0.25, 0.3) is 16.9 Å². The van der Waals surface area contributed by atoms with Crippen LogP contribution in [-0.2, 0) is 38.5 Å². The van der Waals surface area contributed by atoms with Crippen LogP contribution in [0.3, 0.4) is 0 Å². The molecule has 0 atom stereocenters. The van der Waals surface area contributed by atoms with Crippen LogP contribution in [0.2, 0.25) is 0 Å². The number of rotatable bonds is 33. The lowest BCUT2D eigenvalue weighted by atomic mass is 9.86. The maximum absolute atomic E-state index is 13.0. The Kier molecular flexibility index (Phi) is 24.8. The molecular weight excluding hydrogens is 689 g/mol. The van der Waals surface area contributed by atoms with E-state index in [9.17, 15) is 5.53 Å². The highest BCUT2D eigenvalue weighted by molar-refractivity contribution is 5.83. The molecule has 0 aromatic heterocycles. The van der Waals surface area contributed by atoms with Crippen molar-refractivity contribution in [2.75, 3.05) is 0 Å². The average Bonchev–Trinajstić information content (AvgIpc) is 3.48. The van der Waals surface area contributed by atoms with Gasteiger partial charge in [-0.25, -0.2) is 4.70 Å². The molecule has 3 rings (SSSR count). The van der Waals surface area contributed by atoms with Crippen LogP contribution in [0.15, 0.2) is 35.4 Å². The molecule has 0 amide bonds. The first-order valence-electron chi connectivity index (χ1n) is 25.2. The smallest absolute Gasteiger partial charge is 0.211 e. The van der Waals surface area contributed by atoms with Crippen molar-refractivity contribution < 1.29 is 4.70 Å². The zero-order chi connectivity index (χ0) is 41.3. The molecule has 57 heavy (non-hydrogen) atoms. The summed E-state index contributed by atoms with van der Waals surface area (Å²) in [6, 6.07) is 10.2. The fourth-order valence-electron chi connectivity index (χ4n) is 9.46. The molecule has 0 saturated carbocycles. The molecule has 2 heteroatoms.